The summed E-state index contributed by atoms with van der Waals surface area (Å²) in [4.78, 5) is 26.0. The molecule has 1 amide bonds. The molecule has 140 valence electrons. The number of rotatable bonds is 4. The average molecular weight is 367 g/mol. The van der Waals surface area contributed by atoms with Crippen molar-refractivity contribution in [1.29, 1.82) is 0 Å². The van der Waals surface area contributed by atoms with Gasteiger partial charge >= 0.3 is 5.97 Å². The molecule has 2 aliphatic rings. The van der Waals surface area contributed by atoms with Crippen molar-refractivity contribution in [3.63, 3.8) is 0 Å². The fourth-order valence-corrected chi connectivity index (χ4v) is 3.77. The zero-order valence-corrected chi connectivity index (χ0v) is 14.9. The molecule has 1 saturated heterocycles. The first-order chi connectivity index (χ1) is 13.1. The number of hydrogen-bond acceptors (Lipinski definition) is 4. The fraction of sp³-hybridized carbons (Fsp3) is 0.333. The van der Waals surface area contributed by atoms with E-state index in [0.29, 0.717) is 41.6 Å². The molecule has 0 unspecified atom stereocenters. The highest BCUT2D eigenvalue weighted by atomic mass is 16.7. The molecule has 1 N–H and O–H groups in total. The number of carboxylic acids is 1. The van der Waals surface area contributed by atoms with Crippen molar-refractivity contribution in [2.45, 2.75) is 19.3 Å². The summed E-state index contributed by atoms with van der Waals surface area (Å²) >= 11 is 0. The molecule has 0 atom stereocenters. The first-order valence-corrected chi connectivity index (χ1v) is 9.12. The van der Waals surface area contributed by atoms with Crippen LogP contribution < -0.4 is 9.47 Å². The van der Waals surface area contributed by atoms with Gasteiger partial charge in [-0.3, -0.25) is 4.79 Å². The largest absolute Gasteiger partial charge is 0.478 e. The molecule has 2 aromatic carbocycles. The van der Waals surface area contributed by atoms with E-state index in [1.54, 1.807) is 30.3 Å². The van der Waals surface area contributed by atoms with E-state index in [4.69, 9.17) is 9.47 Å². The van der Waals surface area contributed by atoms with Gasteiger partial charge in [0.05, 0.1) is 5.56 Å². The standard InChI is InChI=1S/C21H21NO5/c23-20(16-5-6-18-19(12-16)27-13-26-18)22-9-7-14(8-10-22)11-15-3-1-2-4-17(15)21(24)25/h1-6,12,14H,7-11,13H2,(H,24,25). The van der Waals surface area contributed by atoms with Crippen LogP contribution in [-0.2, 0) is 6.42 Å². The lowest BCUT2D eigenvalue weighted by atomic mass is 9.88. The number of carbonyl (C=O) groups excluding carboxylic acids is 1. The van der Waals surface area contributed by atoms with Crippen LogP contribution in [0.15, 0.2) is 42.5 Å². The lowest BCUT2D eigenvalue weighted by Crippen LogP contribution is -2.39. The predicted octanol–water partition coefficient (Wildman–Crippen LogP) is 3.21. The van der Waals surface area contributed by atoms with Gasteiger partial charge in [-0.25, -0.2) is 4.79 Å². The molecule has 0 aromatic heterocycles. The smallest absolute Gasteiger partial charge is 0.335 e. The van der Waals surface area contributed by atoms with Crippen molar-refractivity contribution in [1.82, 2.24) is 4.90 Å². The van der Waals surface area contributed by atoms with E-state index in [2.05, 4.69) is 0 Å². The third-order valence-corrected chi connectivity index (χ3v) is 5.28. The molecular formula is C21H21NO5. The summed E-state index contributed by atoms with van der Waals surface area (Å²) in [5.41, 5.74) is 1.84. The number of nitrogens with zero attached hydrogens (tertiary/aromatic N) is 1. The Balaban J connectivity index is 1.38. The molecule has 27 heavy (non-hydrogen) atoms. The van der Waals surface area contributed by atoms with Gasteiger partial charge in [0.15, 0.2) is 11.5 Å². The average Bonchev–Trinajstić information content (AvgIpc) is 3.16. The second kappa shape index (κ2) is 7.31. The third-order valence-electron chi connectivity index (χ3n) is 5.28. The second-order valence-electron chi connectivity index (χ2n) is 6.97. The lowest BCUT2D eigenvalue weighted by molar-refractivity contribution is 0.0690. The van der Waals surface area contributed by atoms with Crippen LogP contribution in [-0.4, -0.2) is 41.8 Å². The van der Waals surface area contributed by atoms with Crippen LogP contribution in [0.3, 0.4) is 0 Å². The molecule has 0 radical (unpaired) electrons. The monoisotopic (exact) mass is 367 g/mol. The van der Waals surface area contributed by atoms with Gasteiger partial charge in [-0.05, 0) is 55.0 Å². The Bertz CT molecular complexity index is 871. The SMILES string of the molecule is O=C(O)c1ccccc1CC1CCN(C(=O)c2ccc3c(c2)OCO3)CC1. The van der Waals surface area contributed by atoms with Crippen LogP contribution >= 0.6 is 0 Å². The molecule has 0 saturated carbocycles. The van der Waals surface area contributed by atoms with Crippen molar-refractivity contribution in [3.8, 4) is 11.5 Å². The van der Waals surface area contributed by atoms with Crippen molar-refractivity contribution in [3.05, 3.63) is 59.2 Å². The number of likely N-dealkylation sites (tertiary alicyclic amines) is 1. The molecule has 6 heteroatoms. The zero-order chi connectivity index (χ0) is 18.8. The van der Waals surface area contributed by atoms with Crippen LogP contribution in [0.25, 0.3) is 0 Å². The minimum absolute atomic E-state index is 0.00214. The second-order valence-corrected chi connectivity index (χ2v) is 6.97. The maximum Gasteiger partial charge on any atom is 0.335 e. The maximum atomic E-state index is 12.8. The van der Waals surface area contributed by atoms with Crippen LogP contribution in [0.5, 0.6) is 11.5 Å². The number of ether oxygens (including phenoxy) is 2. The quantitative estimate of drug-likeness (QED) is 0.898. The summed E-state index contributed by atoms with van der Waals surface area (Å²) in [6, 6.07) is 12.4. The van der Waals surface area contributed by atoms with Crippen LogP contribution in [0.2, 0.25) is 0 Å². The highest BCUT2D eigenvalue weighted by Gasteiger charge is 2.26. The van der Waals surface area contributed by atoms with E-state index in [1.807, 2.05) is 17.0 Å². The molecular weight excluding hydrogens is 346 g/mol. The Morgan fingerprint density at radius 1 is 1.04 bits per heavy atom. The van der Waals surface area contributed by atoms with Crippen molar-refractivity contribution < 1.29 is 24.2 Å². The van der Waals surface area contributed by atoms with Gasteiger partial charge in [-0.2, -0.15) is 0 Å². The Kier molecular flexibility index (Phi) is 4.71. The van der Waals surface area contributed by atoms with Crippen LogP contribution in [0.1, 0.15) is 39.1 Å². The van der Waals surface area contributed by atoms with Crippen molar-refractivity contribution in [2.24, 2.45) is 5.92 Å². The Hall–Kier alpha value is -3.02. The fourth-order valence-electron chi connectivity index (χ4n) is 3.77. The summed E-state index contributed by atoms with van der Waals surface area (Å²) in [5.74, 6) is 0.772. The normalized spacial score (nSPS) is 16.4. The van der Waals surface area contributed by atoms with E-state index < -0.39 is 5.97 Å². The number of hydrogen-bond donors (Lipinski definition) is 1. The summed E-state index contributed by atoms with van der Waals surface area (Å²) in [7, 11) is 0. The van der Waals surface area contributed by atoms with Crippen molar-refractivity contribution >= 4 is 11.9 Å². The van der Waals surface area contributed by atoms with Crippen molar-refractivity contribution in [2.75, 3.05) is 19.9 Å². The molecule has 0 bridgehead atoms. The van der Waals surface area contributed by atoms with Crippen LogP contribution in [0, 0.1) is 5.92 Å². The Labute approximate surface area is 157 Å². The molecule has 4 rings (SSSR count). The number of benzene rings is 2. The van der Waals surface area contributed by atoms with E-state index >= 15 is 0 Å². The van der Waals surface area contributed by atoms with Gasteiger partial charge in [0.2, 0.25) is 6.79 Å². The number of carbonyl (C=O) groups is 2. The summed E-state index contributed by atoms with van der Waals surface area (Å²) in [5, 5.41) is 9.33. The van der Waals surface area contributed by atoms with Gasteiger partial charge in [0.1, 0.15) is 0 Å². The molecule has 6 nitrogen and oxygen atoms in total. The minimum Gasteiger partial charge on any atom is -0.478 e. The molecule has 1 fully saturated rings. The van der Waals surface area contributed by atoms with E-state index in [-0.39, 0.29) is 12.7 Å². The number of piperidine rings is 1. The number of carboxylic acid groups (broad SMARTS) is 1. The lowest BCUT2D eigenvalue weighted by Gasteiger charge is -2.32. The van der Waals surface area contributed by atoms with E-state index in [1.165, 1.54) is 0 Å². The van der Waals surface area contributed by atoms with E-state index in [9.17, 15) is 14.7 Å². The molecule has 0 aliphatic carbocycles. The van der Waals surface area contributed by atoms with E-state index in [0.717, 1.165) is 24.8 Å². The van der Waals surface area contributed by atoms with Crippen LogP contribution in [0.4, 0.5) is 0 Å². The van der Waals surface area contributed by atoms with Gasteiger partial charge < -0.3 is 19.5 Å². The number of fused-ring (bicyclic) bond motifs is 1. The first-order valence-electron chi connectivity index (χ1n) is 9.12. The highest BCUT2D eigenvalue weighted by molar-refractivity contribution is 5.95. The van der Waals surface area contributed by atoms with Gasteiger partial charge in [-0.1, -0.05) is 18.2 Å². The van der Waals surface area contributed by atoms with Gasteiger partial charge in [0.25, 0.3) is 5.91 Å². The number of aromatic carboxylic acids is 1. The highest BCUT2D eigenvalue weighted by Crippen LogP contribution is 2.33. The topological polar surface area (TPSA) is 76.1 Å². The summed E-state index contributed by atoms with van der Waals surface area (Å²) < 4.78 is 10.6. The molecule has 2 heterocycles. The first kappa shape index (κ1) is 17.4. The predicted molar refractivity (Wildman–Crippen MR) is 98.3 cm³/mol. The Morgan fingerprint density at radius 2 is 1.78 bits per heavy atom. The zero-order valence-electron chi connectivity index (χ0n) is 14.9. The van der Waals surface area contributed by atoms with Gasteiger partial charge in [0, 0.05) is 18.7 Å². The Morgan fingerprint density at radius 3 is 2.56 bits per heavy atom. The number of amides is 1. The summed E-state index contributed by atoms with van der Waals surface area (Å²) in [6.07, 6.45) is 2.46. The molecule has 2 aliphatic heterocycles. The summed E-state index contributed by atoms with van der Waals surface area (Å²) in [6.45, 7) is 1.54. The van der Waals surface area contributed by atoms with Gasteiger partial charge in [-0.15, -0.1) is 0 Å². The molecule has 2 aromatic rings. The maximum absolute atomic E-state index is 12.8. The molecule has 0 spiro atoms. The minimum atomic E-state index is -0.888. The third kappa shape index (κ3) is 3.60.